The predicted octanol–water partition coefficient (Wildman–Crippen LogP) is 3.54. The molecule has 1 heterocycles. The van der Waals surface area contributed by atoms with Gasteiger partial charge in [-0.1, -0.05) is 25.4 Å². The van der Waals surface area contributed by atoms with Crippen LogP contribution < -0.4 is 10.5 Å². The van der Waals surface area contributed by atoms with Crippen LogP contribution in [0.1, 0.15) is 44.2 Å². The fourth-order valence-electron chi connectivity index (χ4n) is 2.77. The third-order valence-electron chi connectivity index (χ3n) is 4.11. The topological polar surface area (TPSA) is 52.3 Å². The number of fused-ring (bicyclic) bond motifs is 1. The number of ketones is 1. The number of benzene rings is 1. The zero-order chi connectivity index (χ0) is 15.5. The summed E-state index contributed by atoms with van der Waals surface area (Å²) >= 11 is 6.12. The van der Waals surface area contributed by atoms with Gasteiger partial charge in [-0.05, 0) is 42.5 Å². The molecule has 2 N–H and O–H groups in total. The molecule has 0 spiro atoms. The van der Waals surface area contributed by atoms with E-state index in [0.717, 1.165) is 36.1 Å². The van der Waals surface area contributed by atoms with Crippen LogP contribution in [-0.4, -0.2) is 18.9 Å². The third kappa shape index (κ3) is 4.45. The Hall–Kier alpha value is -1.06. The maximum Gasteiger partial charge on any atom is 0.137 e. The van der Waals surface area contributed by atoms with Crippen LogP contribution in [0, 0.1) is 5.41 Å². The second-order valence-corrected chi connectivity index (χ2v) is 7.01. The van der Waals surface area contributed by atoms with Gasteiger partial charge in [0, 0.05) is 29.8 Å². The van der Waals surface area contributed by atoms with E-state index in [1.807, 2.05) is 12.1 Å². The number of ether oxygens (including phenoxy) is 1. The third-order valence-corrected chi connectivity index (χ3v) is 4.33. The fourth-order valence-corrected chi connectivity index (χ4v) is 3.04. The van der Waals surface area contributed by atoms with Crippen LogP contribution in [0.5, 0.6) is 5.75 Å². The molecule has 0 radical (unpaired) electrons. The molecular weight excluding hydrogens is 286 g/mol. The number of rotatable bonds is 7. The SMILES string of the molecule is CC(C)(CCN)CCC(=O)Cc1cc(Cl)cc2c1OCC2. The van der Waals surface area contributed by atoms with E-state index in [4.69, 9.17) is 22.1 Å². The van der Waals surface area contributed by atoms with Crippen LogP contribution >= 0.6 is 11.6 Å². The molecule has 0 amide bonds. The van der Waals surface area contributed by atoms with E-state index in [1.54, 1.807) is 0 Å². The van der Waals surface area contributed by atoms with E-state index >= 15 is 0 Å². The van der Waals surface area contributed by atoms with E-state index in [0.29, 0.717) is 31.0 Å². The summed E-state index contributed by atoms with van der Waals surface area (Å²) < 4.78 is 5.64. The molecule has 0 aromatic heterocycles. The van der Waals surface area contributed by atoms with Crippen molar-refractivity contribution < 1.29 is 9.53 Å². The van der Waals surface area contributed by atoms with Crippen molar-refractivity contribution in [1.29, 1.82) is 0 Å². The molecule has 1 aliphatic rings. The zero-order valence-electron chi connectivity index (χ0n) is 12.9. The van der Waals surface area contributed by atoms with Crippen molar-refractivity contribution in [2.45, 2.75) is 46.0 Å². The van der Waals surface area contributed by atoms with Crippen LogP contribution in [-0.2, 0) is 17.6 Å². The van der Waals surface area contributed by atoms with Crippen LogP contribution in [0.15, 0.2) is 12.1 Å². The lowest BCUT2D eigenvalue weighted by atomic mass is 9.83. The lowest BCUT2D eigenvalue weighted by Crippen LogP contribution is -2.19. The van der Waals surface area contributed by atoms with Crippen molar-refractivity contribution >= 4 is 17.4 Å². The number of carbonyl (C=O) groups excluding carboxylic acids is 1. The number of halogens is 1. The molecular formula is C17H24ClNO2. The molecule has 4 heteroatoms. The van der Waals surface area contributed by atoms with E-state index in [9.17, 15) is 4.79 Å². The van der Waals surface area contributed by atoms with Crippen molar-refractivity contribution in [3.63, 3.8) is 0 Å². The first-order chi connectivity index (χ1) is 9.91. The fraction of sp³-hybridized carbons (Fsp3) is 0.588. The van der Waals surface area contributed by atoms with E-state index in [1.165, 1.54) is 0 Å². The number of Topliss-reactive ketones (excluding diaryl/α,β-unsaturated/α-hetero) is 1. The highest BCUT2D eigenvalue weighted by Crippen LogP contribution is 2.34. The van der Waals surface area contributed by atoms with Gasteiger partial charge in [0.25, 0.3) is 0 Å². The molecule has 1 aromatic rings. The van der Waals surface area contributed by atoms with Gasteiger partial charge in [-0.3, -0.25) is 4.79 Å². The minimum atomic E-state index is 0.122. The molecule has 2 rings (SSSR count). The van der Waals surface area contributed by atoms with Crippen molar-refractivity contribution in [3.05, 3.63) is 28.3 Å². The minimum absolute atomic E-state index is 0.122. The summed E-state index contributed by atoms with van der Waals surface area (Å²) in [5, 5.41) is 0.686. The number of hydrogen-bond donors (Lipinski definition) is 1. The summed E-state index contributed by atoms with van der Waals surface area (Å²) in [6.07, 6.45) is 3.67. The minimum Gasteiger partial charge on any atom is -0.493 e. The first-order valence-corrected chi connectivity index (χ1v) is 7.95. The van der Waals surface area contributed by atoms with Gasteiger partial charge in [0.1, 0.15) is 11.5 Å². The highest BCUT2D eigenvalue weighted by molar-refractivity contribution is 6.30. The summed E-state index contributed by atoms with van der Waals surface area (Å²) in [6, 6.07) is 3.79. The van der Waals surface area contributed by atoms with Gasteiger partial charge < -0.3 is 10.5 Å². The molecule has 0 fully saturated rings. The molecule has 0 unspecified atom stereocenters. The summed E-state index contributed by atoms with van der Waals surface area (Å²) in [5.41, 5.74) is 7.78. The normalized spacial score (nSPS) is 13.9. The quantitative estimate of drug-likeness (QED) is 0.838. The van der Waals surface area contributed by atoms with Crippen LogP contribution in [0.3, 0.4) is 0 Å². The lowest BCUT2D eigenvalue weighted by Gasteiger charge is -2.23. The van der Waals surface area contributed by atoms with Crippen molar-refractivity contribution in [2.75, 3.05) is 13.2 Å². The van der Waals surface area contributed by atoms with E-state index < -0.39 is 0 Å². The lowest BCUT2D eigenvalue weighted by molar-refractivity contribution is -0.119. The monoisotopic (exact) mass is 309 g/mol. The Morgan fingerprint density at radius 1 is 1.38 bits per heavy atom. The smallest absolute Gasteiger partial charge is 0.137 e. The second-order valence-electron chi connectivity index (χ2n) is 6.57. The Labute approximate surface area is 131 Å². The Bertz CT molecular complexity index is 526. The van der Waals surface area contributed by atoms with Crippen LogP contribution in [0.2, 0.25) is 5.02 Å². The summed E-state index contributed by atoms with van der Waals surface area (Å²) in [7, 11) is 0. The highest BCUT2D eigenvalue weighted by Gasteiger charge is 2.21. The molecule has 1 aromatic carbocycles. The largest absolute Gasteiger partial charge is 0.493 e. The summed E-state index contributed by atoms with van der Waals surface area (Å²) in [4.78, 5) is 12.2. The zero-order valence-corrected chi connectivity index (χ0v) is 13.6. The van der Waals surface area contributed by atoms with Gasteiger partial charge >= 0.3 is 0 Å². The standard InChI is InChI=1S/C17H24ClNO2/c1-17(2,6-7-19)5-3-15(20)11-13-10-14(18)9-12-4-8-21-16(12)13/h9-10H,3-8,11,19H2,1-2H3. The van der Waals surface area contributed by atoms with Crippen molar-refractivity contribution in [2.24, 2.45) is 11.1 Å². The second kappa shape index (κ2) is 6.80. The van der Waals surface area contributed by atoms with Crippen LogP contribution in [0.25, 0.3) is 0 Å². The molecule has 0 saturated heterocycles. The number of nitrogens with two attached hydrogens (primary N) is 1. The first-order valence-electron chi connectivity index (χ1n) is 7.57. The van der Waals surface area contributed by atoms with Gasteiger partial charge in [-0.25, -0.2) is 0 Å². The molecule has 116 valence electrons. The molecule has 0 saturated carbocycles. The van der Waals surface area contributed by atoms with E-state index in [2.05, 4.69) is 13.8 Å². The highest BCUT2D eigenvalue weighted by atomic mass is 35.5. The molecule has 1 aliphatic heterocycles. The molecule has 0 aliphatic carbocycles. The number of hydrogen-bond acceptors (Lipinski definition) is 3. The van der Waals surface area contributed by atoms with Gasteiger partial charge in [0.2, 0.25) is 0 Å². The van der Waals surface area contributed by atoms with Gasteiger partial charge in [-0.2, -0.15) is 0 Å². The maximum atomic E-state index is 12.2. The van der Waals surface area contributed by atoms with Crippen LogP contribution in [0.4, 0.5) is 0 Å². The van der Waals surface area contributed by atoms with Gasteiger partial charge in [0.15, 0.2) is 0 Å². The Morgan fingerprint density at radius 3 is 2.86 bits per heavy atom. The number of carbonyl (C=O) groups is 1. The first kappa shape index (κ1) is 16.3. The Kier molecular flexibility index (Phi) is 5.28. The Morgan fingerprint density at radius 2 is 2.14 bits per heavy atom. The molecule has 3 nitrogen and oxygen atoms in total. The summed E-state index contributed by atoms with van der Waals surface area (Å²) in [6.45, 7) is 5.66. The Balaban J connectivity index is 1.98. The molecule has 0 bridgehead atoms. The van der Waals surface area contributed by atoms with Gasteiger partial charge in [0.05, 0.1) is 6.61 Å². The average molecular weight is 310 g/mol. The predicted molar refractivity (Wildman–Crippen MR) is 86.0 cm³/mol. The maximum absolute atomic E-state index is 12.2. The molecule has 21 heavy (non-hydrogen) atoms. The van der Waals surface area contributed by atoms with E-state index in [-0.39, 0.29) is 11.2 Å². The average Bonchev–Trinajstić information content (AvgIpc) is 2.84. The molecule has 0 atom stereocenters. The van der Waals surface area contributed by atoms with Crippen molar-refractivity contribution in [1.82, 2.24) is 0 Å². The van der Waals surface area contributed by atoms with Crippen molar-refractivity contribution in [3.8, 4) is 5.75 Å². The summed E-state index contributed by atoms with van der Waals surface area (Å²) in [5.74, 6) is 1.11. The van der Waals surface area contributed by atoms with Gasteiger partial charge in [-0.15, -0.1) is 0 Å².